The molecule has 1 aliphatic heterocycles. The molecule has 0 saturated carbocycles. The van der Waals surface area contributed by atoms with Crippen molar-refractivity contribution in [3.63, 3.8) is 0 Å². The zero-order valence-electron chi connectivity index (χ0n) is 20.5. The second kappa shape index (κ2) is 12.0. The third-order valence-corrected chi connectivity index (χ3v) is 7.24. The van der Waals surface area contributed by atoms with Gasteiger partial charge in [0, 0.05) is 43.2 Å². The zero-order valence-corrected chi connectivity index (χ0v) is 21.3. The summed E-state index contributed by atoms with van der Waals surface area (Å²) >= 11 is 1.75. The SMILES string of the molecule is Cc1ccc(SN2CCN(Cc3cc(CC(=O)O)ccc3OCc3ccc(C(F)(F)F)cc3)CC2)cc1. The maximum atomic E-state index is 12.8. The summed E-state index contributed by atoms with van der Waals surface area (Å²) in [5.41, 5.74) is 2.70. The molecule has 3 aromatic rings. The summed E-state index contributed by atoms with van der Waals surface area (Å²) in [6.07, 6.45) is -4.47. The Morgan fingerprint density at radius 2 is 1.59 bits per heavy atom. The van der Waals surface area contributed by atoms with Gasteiger partial charge in [-0.1, -0.05) is 42.0 Å². The van der Waals surface area contributed by atoms with E-state index in [9.17, 15) is 23.1 Å². The number of carbonyl (C=O) groups is 1. The average molecular weight is 531 g/mol. The fraction of sp³-hybridized carbons (Fsp3) is 0.321. The molecule has 1 N–H and O–H groups in total. The summed E-state index contributed by atoms with van der Waals surface area (Å²) in [6.45, 7) is 6.24. The summed E-state index contributed by atoms with van der Waals surface area (Å²) in [7, 11) is 0. The van der Waals surface area contributed by atoms with E-state index in [1.54, 1.807) is 24.1 Å². The Morgan fingerprint density at radius 3 is 2.22 bits per heavy atom. The van der Waals surface area contributed by atoms with Gasteiger partial charge in [-0.3, -0.25) is 9.69 Å². The lowest BCUT2D eigenvalue weighted by Gasteiger charge is -2.34. The molecule has 1 saturated heterocycles. The molecule has 0 aliphatic carbocycles. The Balaban J connectivity index is 1.39. The first kappa shape index (κ1) is 27.0. The van der Waals surface area contributed by atoms with E-state index >= 15 is 0 Å². The third kappa shape index (κ3) is 7.99. The molecule has 5 nitrogen and oxygen atoms in total. The molecular weight excluding hydrogens is 501 g/mol. The van der Waals surface area contributed by atoms with Crippen LogP contribution >= 0.6 is 11.9 Å². The predicted molar refractivity (Wildman–Crippen MR) is 137 cm³/mol. The molecule has 0 unspecified atom stereocenters. The fourth-order valence-electron chi connectivity index (χ4n) is 4.10. The van der Waals surface area contributed by atoms with Gasteiger partial charge in [0.25, 0.3) is 0 Å². The molecule has 0 amide bonds. The maximum Gasteiger partial charge on any atom is 0.416 e. The molecule has 9 heteroatoms. The summed E-state index contributed by atoms with van der Waals surface area (Å²) in [4.78, 5) is 14.7. The van der Waals surface area contributed by atoms with E-state index in [2.05, 4.69) is 40.4 Å². The van der Waals surface area contributed by atoms with Crippen LogP contribution in [-0.2, 0) is 30.5 Å². The van der Waals surface area contributed by atoms with Crippen molar-refractivity contribution in [3.05, 3.63) is 94.5 Å². The molecule has 0 aromatic heterocycles. The topological polar surface area (TPSA) is 53.0 Å². The Labute approximate surface area is 219 Å². The van der Waals surface area contributed by atoms with Gasteiger partial charge in [0.1, 0.15) is 12.4 Å². The number of nitrogens with zero attached hydrogens (tertiary/aromatic N) is 2. The van der Waals surface area contributed by atoms with E-state index in [0.717, 1.165) is 43.9 Å². The normalized spacial score (nSPS) is 15.0. The molecule has 0 bridgehead atoms. The summed E-state index contributed by atoms with van der Waals surface area (Å²) in [5.74, 6) is -0.309. The van der Waals surface area contributed by atoms with E-state index in [4.69, 9.17) is 4.74 Å². The van der Waals surface area contributed by atoms with Crippen LogP contribution in [-0.4, -0.2) is 46.5 Å². The standard InChI is InChI=1S/C28H29F3N2O3S/c1-20-2-9-25(10-3-20)37-33-14-12-32(13-15-33)18-23-16-22(17-27(34)35)6-11-26(23)36-19-21-4-7-24(8-5-21)28(29,30)31/h2-11,16H,12-15,17-19H2,1H3,(H,34,35). The number of aryl methyl sites for hydroxylation is 1. The fourth-order valence-corrected chi connectivity index (χ4v) is 5.00. The van der Waals surface area contributed by atoms with Gasteiger partial charge in [-0.05, 0) is 60.3 Å². The Bertz CT molecular complexity index is 1190. The van der Waals surface area contributed by atoms with Gasteiger partial charge >= 0.3 is 12.1 Å². The van der Waals surface area contributed by atoms with Crippen LogP contribution in [0.5, 0.6) is 5.75 Å². The molecule has 1 heterocycles. The molecule has 1 fully saturated rings. The number of hydrogen-bond donors (Lipinski definition) is 1. The van der Waals surface area contributed by atoms with Gasteiger partial charge in [-0.2, -0.15) is 13.2 Å². The van der Waals surface area contributed by atoms with Gasteiger partial charge < -0.3 is 9.84 Å². The number of piperazine rings is 1. The number of carboxylic acids is 1. The van der Waals surface area contributed by atoms with Crippen molar-refractivity contribution < 1.29 is 27.8 Å². The lowest BCUT2D eigenvalue weighted by molar-refractivity contribution is -0.138. The van der Waals surface area contributed by atoms with E-state index in [1.807, 2.05) is 6.07 Å². The molecule has 3 aromatic carbocycles. The van der Waals surface area contributed by atoms with Gasteiger partial charge in [-0.25, -0.2) is 4.31 Å². The summed E-state index contributed by atoms with van der Waals surface area (Å²) in [6, 6.07) is 18.7. The second-order valence-corrected chi connectivity index (χ2v) is 10.3. The van der Waals surface area contributed by atoms with Crippen molar-refractivity contribution in [3.8, 4) is 5.75 Å². The van der Waals surface area contributed by atoms with Crippen LogP contribution in [0.3, 0.4) is 0 Å². The first-order chi connectivity index (χ1) is 17.7. The average Bonchev–Trinajstić information content (AvgIpc) is 2.85. The number of hydrogen-bond acceptors (Lipinski definition) is 5. The highest BCUT2D eigenvalue weighted by Crippen LogP contribution is 2.30. The minimum absolute atomic E-state index is 0.0901. The highest BCUT2D eigenvalue weighted by Gasteiger charge is 2.30. The number of carboxylic acid groups (broad SMARTS) is 1. The summed E-state index contributed by atoms with van der Waals surface area (Å²) < 4.78 is 46.8. The number of rotatable bonds is 9. The van der Waals surface area contributed by atoms with Crippen LogP contribution in [0.25, 0.3) is 0 Å². The van der Waals surface area contributed by atoms with E-state index in [-0.39, 0.29) is 13.0 Å². The number of aliphatic carboxylic acids is 1. The van der Waals surface area contributed by atoms with Gasteiger partial charge in [0.2, 0.25) is 0 Å². The van der Waals surface area contributed by atoms with Crippen molar-refractivity contribution in [1.29, 1.82) is 0 Å². The Kier molecular flexibility index (Phi) is 8.79. The van der Waals surface area contributed by atoms with Crippen LogP contribution in [0.4, 0.5) is 13.2 Å². The third-order valence-electron chi connectivity index (χ3n) is 6.14. The van der Waals surface area contributed by atoms with E-state index < -0.39 is 17.7 Å². The smallest absolute Gasteiger partial charge is 0.416 e. The Morgan fingerprint density at radius 1 is 0.946 bits per heavy atom. The van der Waals surface area contributed by atoms with Gasteiger partial charge in [-0.15, -0.1) is 0 Å². The molecule has 1 aliphatic rings. The molecular formula is C28H29F3N2O3S. The largest absolute Gasteiger partial charge is 0.489 e. The highest BCUT2D eigenvalue weighted by molar-refractivity contribution is 7.97. The van der Waals surface area contributed by atoms with Crippen molar-refractivity contribution in [2.45, 2.75) is 37.6 Å². The first-order valence-corrected chi connectivity index (χ1v) is 12.8. The highest BCUT2D eigenvalue weighted by atomic mass is 32.2. The van der Waals surface area contributed by atoms with Crippen LogP contribution in [0.15, 0.2) is 71.6 Å². The van der Waals surface area contributed by atoms with E-state index in [0.29, 0.717) is 23.4 Å². The lowest BCUT2D eigenvalue weighted by Crippen LogP contribution is -2.42. The molecule has 0 atom stereocenters. The quantitative estimate of drug-likeness (QED) is 0.340. The second-order valence-electron chi connectivity index (χ2n) is 9.11. The monoisotopic (exact) mass is 530 g/mol. The van der Waals surface area contributed by atoms with Gasteiger partial charge in [0.15, 0.2) is 0 Å². The van der Waals surface area contributed by atoms with Crippen LogP contribution in [0.1, 0.15) is 27.8 Å². The van der Waals surface area contributed by atoms with Crippen LogP contribution in [0.2, 0.25) is 0 Å². The number of benzene rings is 3. The number of ether oxygens (including phenoxy) is 1. The van der Waals surface area contributed by atoms with Crippen molar-refractivity contribution in [2.24, 2.45) is 0 Å². The molecule has 0 spiro atoms. The van der Waals surface area contributed by atoms with Crippen molar-refractivity contribution in [2.75, 3.05) is 26.2 Å². The van der Waals surface area contributed by atoms with Crippen LogP contribution < -0.4 is 4.74 Å². The number of halogens is 3. The van der Waals surface area contributed by atoms with Crippen molar-refractivity contribution >= 4 is 17.9 Å². The minimum Gasteiger partial charge on any atom is -0.489 e. The Hall–Kier alpha value is -3.01. The van der Waals surface area contributed by atoms with E-state index in [1.165, 1.54) is 22.6 Å². The van der Waals surface area contributed by atoms with Gasteiger partial charge in [0.05, 0.1) is 12.0 Å². The predicted octanol–water partition coefficient (Wildman–Crippen LogP) is 6.04. The maximum absolute atomic E-state index is 12.8. The molecule has 4 rings (SSSR count). The minimum atomic E-state index is -4.38. The number of alkyl halides is 3. The molecule has 196 valence electrons. The van der Waals surface area contributed by atoms with Crippen LogP contribution in [0, 0.1) is 6.92 Å². The zero-order chi connectivity index (χ0) is 26.4. The first-order valence-electron chi connectivity index (χ1n) is 12.0. The molecule has 37 heavy (non-hydrogen) atoms. The lowest BCUT2D eigenvalue weighted by atomic mass is 10.1. The summed E-state index contributed by atoms with van der Waals surface area (Å²) in [5, 5.41) is 9.22. The molecule has 0 radical (unpaired) electrons. The van der Waals surface area contributed by atoms with Crippen molar-refractivity contribution in [1.82, 2.24) is 9.21 Å².